The molecule has 1 saturated heterocycles. The highest BCUT2D eigenvalue weighted by molar-refractivity contribution is 7.11. The van der Waals surface area contributed by atoms with E-state index in [1.54, 1.807) is 23.5 Å². The Bertz CT molecular complexity index is 662. The van der Waals surface area contributed by atoms with E-state index in [1.165, 1.54) is 10.9 Å². The highest BCUT2D eigenvalue weighted by atomic mass is 32.1. The molecule has 1 aromatic heterocycles. The van der Waals surface area contributed by atoms with E-state index in [-0.39, 0.29) is 17.3 Å². The van der Waals surface area contributed by atoms with E-state index in [2.05, 4.69) is 36.0 Å². The highest BCUT2D eigenvalue weighted by Crippen LogP contribution is 2.30. The van der Waals surface area contributed by atoms with Crippen molar-refractivity contribution in [3.05, 3.63) is 51.7 Å². The summed E-state index contributed by atoms with van der Waals surface area (Å²) in [6, 6.07) is 7.14. The maximum atomic E-state index is 13.6. The van der Waals surface area contributed by atoms with Crippen LogP contribution in [-0.4, -0.2) is 29.5 Å². The van der Waals surface area contributed by atoms with Crippen LogP contribution >= 0.6 is 11.3 Å². The first kappa shape index (κ1) is 16.6. The van der Waals surface area contributed by atoms with Crippen LogP contribution in [0, 0.1) is 5.82 Å². The number of nitrogens with one attached hydrogen (secondary N) is 1. The van der Waals surface area contributed by atoms with Gasteiger partial charge in [0, 0.05) is 36.8 Å². The minimum absolute atomic E-state index is 0.140. The summed E-state index contributed by atoms with van der Waals surface area (Å²) in [4.78, 5) is 8.31. The number of rotatable bonds is 3. The standard InChI is InChI=1S/C18H24FN3S/c1-18(2,3)16-11-21-17(23-16)12-22-8-7-20-10-15(22)13-5-4-6-14(19)9-13/h4-6,9,11,15,20H,7-8,10,12H2,1-3H3. The maximum Gasteiger partial charge on any atom is 0.123 e. The second kappa shape index (κ2) is 6.67. The molecule has 0 radical (unpaired) electrons. The number of aromatic nitrogens is 1. The molecule has 1 unspecified atom stereocenters. The Morgan fingerprint density at radius 3 is 2.91 bits per heavy atom. The Balaban J connectivity index is 1.78. The van der Waals surface area contributed by atoms with Gasteiger partial charge in [-0.3, -0.25) is 4.90 Å². The van der Waals surface area contributed by atoms with E-state index < -0.39 is 0 Å². The van der Waals surface area contributed by atoms with Gasteiger partial charge < -0.3 is 5.32 Å². The minimum atomic E-state index is -0.169. The summed E-state index contributed by atoms with van der Waals surface area (Å²) in [6.45, 7) is 10.2. The van der Waals surface area contributed by atoms with E-state index in [4.69, 9.17) is 0 Å². The molecule has 0 spiro atoms. The van der Waals surface area contributed by atoms with Crippen molar-refractivity contribution >= 4 is 11.3 Å². The van der Waals surface area contributed by atoms with Gasteiger partial charge in [0.2, 0.25) is 0 Å². The summed E-state index contributed by atoms with van der Waals surface area (Å²) in [5.74, 6) is -0.169. The lowest BCUT2D eigenvalue weighted by Crippen LogP contribution is -2.45. The average Bonchev–Trinajstić information content (AvgIpc) is 2.96. The molecule has 1 atom stereocenters. The van der Waals surface area contributed by atoms with Crippen LogP contribution in [0.2, 0.25) is 0 Å². The van der Waals surface area contributed by atoms with Gasteiger partial charge in [-0.05, 0) is 23.1 Å². The molecule has 124 valence electrons. The molecule has 0 saturated carbocycles. The predicted octanol–water partition coefficient (Wildman–Crippen LogP) is 3.73. The Hall–Kier alpha value is -1.30. The largest absolute Gasteiger partial charge is 0.314 e. The van der Waals surface area contributed by atoms with Crippen molar-refractivity contribution in [1.82, 2.24) is 15.2 Å². The molecular weight excluding hydrogens is 309 g/mol. The van der Waals surface area contributed by atoms with Crippen molar-refractivity contribution in [3.63, 3.8) is 0 Å². The Morgan fingerprint density at radius 1 is 1.39 bits per heavy atom. The first-order chi connectivity index (χ1) is 10.9. The van der Waals surface area contributed by atoms with Crippen molar-refractivity contribution in [2.75, 3.05) is 19.6 Å². The van der Waals surface area contributed by atoms with E-state index in [1.807, 2.05) is 12.3 Å². The van der Waals surface area contributed by atoms with Crippen LogP contribution in [0.25, 0.3) is 0 Å². The molecule has 3 nitrogen and oxygen atoms in total. The van der Waals surface area contributed by atoms with Crippen LogP contribution in [0.15, 0.2) is 30.5 Å². The molecule has 3 rings (SSSR count). The molecule has 1 fully saturated rings. The van der Waals surface area contributed by atoms with Crippen LogP contribution in [0.3, 0.4) is 0 Å². The van der Waals surface area contributed by atoms with Crippen molar-refractivity contribution in [1.29, 1.82) is 0 Å². The number of halogens is 1. The van der Waals surface area contributed by atoms with Gasteiger partial charge in [0.25, 0.3) is 0 Å². The fourth-order valence-corrected chi connectivity index (χ4v) is 3.88. The normalized spacial score (nSPS) is 19.9. The number of hydrogen-bond acceptors (Lipinski definition) is 4. The summed E-state index contributed by atoms with van der Waals surface area (Å²) >= 11 is 1.79. The lowest BCUT2D eigenvalue weighted by molar-refractivity contribution is 0.153. The van der Waals surface area contributed by atoms with Gasteiger partial charge in [-0.15, -0.1) is 11.3 Å². The Labute approximate surface area is 141 Å². The van der Waals surface area contributed by atoms with E-state index in [9.17, 15) is 4.39 Å². The molecule has 0 amide bonds. The zero-order chi connectivity index (χ0) is 16.4. The Morgan fingerprint density at radius 2 is 2.22 bits per heavy atom. The van der Waals surface area contributed by atoms with Gasteiger partial charge >= 0.3 is 0 Å². The summed E-state index contributed by atoms with van der Waals surface area (Å²) in [5.41, 5.74) is 1.17. The van der Waals surface area contributed by atoms with Crippen molar-refractivity contribution in [2.45, 2.75) is 38.8 Å². The number of piperazine rings is 1. The second-order valence-electron chi connectivity index (χ2n) is 7.11. The van der Waals surface area contributed by atoms with Gasteiger partial charge in [-0.25, -0.2) is 9.37 Å². The molecular formula is C18H24FN3S. The lowest BCUT2D eigenvalue weighted by Gasteiger charge is -2.36. The molecule has 1 aliphatic heterocycles. The van der Waals surface area contributed by atoms with Crippen LogP contribution in [0.5, 0.6) is 0 Å². The zero-order valence-corrected chi connectivity index (χ0v) is 14.8. The quantitative estimate of drug-likeness (QED) is 0.928. The number of benzene rings is 1. The minimum Gasteiger partial charge on any atom is -0.314 e. The summed E-state index contributed by atoms with van der Waals surface area (Å²) in [6.07, 6.45) is 2.00. The zero-order valence-electron chi connectivity index (χ0n) is 14.0. The van der Waals surface area contributed by atoms with E-state index >= 15 is 0 Å². The number of hydrogen-bond donors (Lipinski definition) is 1. The van der Waals surface area contributed by atoms with E-state index in [0.717, 1.165) is 36.8 Å². The second-order valence-corrected chi connectivity index (χ2v) is 8.23. The molecule has 23 heavy (non-hydrogen) atoms. The molecule has 0 aliphatic carbocycles. The number of nitrogens with zero attached hydrogens (tertiary/aromatic N) is 2. The van der Waals surface area contributed by atoms with Crippen molar-refractivity contribution in [3.8, 4) is 0 Å². The summed E-state index contributed by atoms with van der Waals surface area (Å²) < 4.78 is 13.6. The van der Waals surface area contributed by atoms with Crippen LogP contribution in [0.1, 0.15) is 42.3 Å². The topological polar surface area (TPSA) is 28.2 Å². The first-order valence-electron chi connectivity index (χ1n) is 8.09. The molecule has 1 aliphatic rings. The monoisotopic (exact) mass is 333 g/mol. The Kier molecular flexibility index (Phi) is 4.80. The molecule has 1 N–H and O–H groups in total. The molecule has 2 aromatic rings. The lowest BCUT2D eigenvalue weighted by atomic mass is 9.96. The van der Waals surface area contributed by atoms with Crippen molar-refractivity contribution in [2.24, 2.45) is 0 Å². The molecule has 0 bridgehead atoms. The third-order valence-electron chi connectivity index (χ3n) is 4.22. The van der Waals surface area contributed by atoms with Gasteiger partial charge in [0.15, 0.2) is 0 Å². The summed E-state index contributed by atoms with van der Waals surface area (Å²) in [7, 11) is 0. The van der Waals surface area contributed by atoms with Crippen LogP contribution in [-0.2, 0) is 12.0 Å². The van der Waals surface area contributed by atoms with E-state index in [0.29, 0.717) is 0 Å². The third kappa shape index (κ3) is 3.97. The molecule has 1 aromatic carbocycles. The fourth-order valence-electron chi connectivity index (χ4n) is 2.88. The number of thiazole rings is 1. The van der Waals surface area contributed by atoms with Crippen molar-refractivity contribution < 1.29 is 4.39 Å². The van der Waals surface area contributed by atoms with Gasteiger partial charge in [0.1, 0.15) is 10.8 Å². The van der Waals surface area contributed by atoms with Crippen LogP contribution in [0.4, 0.5) is 4.39 Å². The fraction of sp³-hybridized carbons (Fsp3) is 0.500. The smallest absolute Gasteiger partial charge is 0.123 e. The average molecular weight is 333 g/mol. The summed E-state index contributed by atoms with van der Waals surface area (Å²) in [5, 5.41) is 4.55. The molecule has 5 heteroatoms. The highest BCUT2D eigenvalue weighted by Gasteiger charge is 2.25. The van der Waals surface area contributed by atoms with Gasteiger partial charge in [0.05, 0.1) is 6.54 Å². The van der Waals surface area contributed by atoms with Gasteiger partial charge in [-0.2, -0.15) is 0 Å². The predicted molar refractivity (Wildman–Crippen MR) is 93.2 cm³/mol. The maximum absolute atomic E-state index is 13.6. The SMILES string of the molecule is CC(C)(C)c1cnc(CN2CCNCC2c2cccc(F)c2)s1. The molecule has 2 heterocycles. The van der Waals surface area contributed by atoms with Gasteiger partial charge in [-0.1, -0.05) is 32.9 Å². The third-order valence-corrected chi connectivity index (χ3v) is 5.63. The van der Waals surface area contributed by atoms with Crippen LogP contribution < -0.4 is 5.32 Å². The first-order valence-corrected chi connectivity index (χ1v) is 8.90.